The molecule has 160 valence electrons. The number of ether oxygens (including phenoxy) is 2. The van der Waals surface area contributed by atoms with Gasteiger partial charge in [0, 0.05) is 30.7 Å². The van der Waals surface area contributed by atoms with Crippen molar-refractivity contribution >= 4 is 17.6 Å². The highest BCUT2D eigenvalue weighted by molar-refractivity contribution is 6.30. The first-order chi connectivity index (χ1) is 14.6. The SMILES string of the molecule is CC(NC(=O)NC1CCN(Cc2ccc(Cl)cc2)CC1)c1ccc2c(c1)OCCO2. The average Bonchev–Trinajstić information content (AvgIpc) is 2.76. The van der Waals surface area contributed by atoms with Crippen molar-refractivity contribution in [1.82, 2.24) is 15.5 Å². The number of benzene rings is 2. The largest absolute Gasteiger partial charge is 0.486 e. The van der Waals surface area contributed by atoms with Gasteiger partial charge >= 0.3 is 6.03 Å². The second-order valence-electron chi connectivity index (χ2n) is 7.92. The molecule has 0 saturated carbocycles. The quantitative estimate of drug-likeness (QED) is 0.750. The molecule has 2 aromatic carbocycles. The van der Waals surface area contributed by atoms with Crippen molar-refractivity contribution in [2.24, 2.45) is 0 Å². The van der Waals surface area contributed by atoms with Gasteiger partial charge in [0.05, 0.1) is 6.04 Å². The van der Waals surface area contributed by atoms with Gasteiger partial charge in [-0.3, -0.25) is 4.90 Å². The number of hydrogen-bond donors (Lipinski definition) is 2. The minimum Gasteiger partial charge on any atom is -0.486 e. The Morgan fingerprint density at radius 1 is 1.10 bits per heavy atom. The number of fused-ring (bicyclic) bond motifs is 1. The molecule has 0 bridgehead atoms. The van der Waals surface area contributed by atoms with Crippen molar-refractivity contribution in [2.75, 3.05) is 26.3 Å². The first-order valence-electron chi connectivity index (χ1n) is 10.5. The van der Waals surface area contributed by atoms with E-state index >= 15 is 0 Å². The van der Waals surface area contributed by atoms with Crippen LogP contribution in [0.25, 0.3) is 0 Å². The molecule has 7 heteroatoms. The summed E-state index contributed by atoms with van der Waals surface area (Å²) in [4.78, 5) is 14.9. The molecule has 0 radical (unpaired) electrons. The van der Waals surface area contributed by atoms with E-state index in [0.717, 1.165) is 54.6 Å². The molecule has 2 aromatic rings. The predicted octanol–water partition coefficient (Wildman–Crippen LogP) is 4.14. The highest BCUT2D eigenvalue weighted by Crippen LogP contribution is 2.32. The van der Waals surface area contributed by atoms with E-state index in [1.165, 1.54) is 5.56 Å². The normalized spacial score (nSPS) is 17.9. The minimum atomic E-state index is -0.131. The topological polar surface area (TPSA) is 62.8 Å². The number of amides is 2. The van der Waals surface area contributed by atoms with E-state index < -0.39 is 0 Å². The number of piperidine rings is 1. The maximum absolute atomic E-state index is 12.5. The van der Waals surface area contributed by atoms with Crippen LogP contribution in [0, 0.1) is 0 Å². The Bertz CT molecular complexity index is 866. The van der Waals surface area contributed by atoms with Gasteiger partial charge in [0.1, 0.15) is 13.2 Å². The zero-order valence-electron chi connectivity index (χ0n) is 17.2. The molecule has 2 amide bonds. The summed E-state index contributed by atoms with van der Waals surface area (Å²) < 4.78 is 11.2. The number of nitrogens with zero attached hydrogens (tertiary/aromatic N) is 1. The molecular formula is C23H28ClN3O3. The second-order valence-corrected chi connectivity index (χ2v) is 8.36. The van der Waals surface area contributed by atoms with Crippen LogP contribution in [-0.2, 0) is 6.54 Å². The molecule has 6 nitrogen and oxygen atoms in total. The van der Waals surface area contributed by atoms with Crippen molar-refractivity contribution < 1.29 is 14.3 Å². The van der Waals surface area contributed by atoms with E-state index in [1.807, 2.05) is 37.3 Å². The first kappa shape index (κ1) is 20.8. The molecule has 1 fully saturated rings. The zero-order valence-corrected chi connectivity index (χ0v) is 18.0. The Kier molecular flexibility index (Phi) is 6.65. The maximum atomic E-state index is 12.5. The summed E-state index contributed by atoms with van der Waals surface area (Å²) in [7, 11) is 0. The Hall–Kier alpha value is -2.44. The van der Waals surface area contributed by atoms with Crippen LogP contribution in [0.15, 0.2) is 42.5 Å². The van der Waals surface area contributed by atoms with Gasteiger partial charge in [0.15, 0.2) is 11.5 Å². The molecule has 1 saturated heterocycles. The van der Waals surface area contributed by atoms with Crippen LogP contribution < -0.4 is 20.1 Å². The monoisotopic (exact) mass is 429 g/mol. The van der Waals surface area contributed by atoms with Crippen molar-refractivity contribution in [3.8, 4) is 11.5 Å². The maximum Gasteiger partial charge on any atom is 0.315 e. The Morgan fingerprint density at radius 3 is 2.53 bits per heavy atom. The summed E-state index contributed by atoms with van der Waals surface area (Å²) in [5.74, 6) is 1.49. The van der Waals surface area contributed by atoms with E-state index in [9.17, 15) is 4.79 Å². The molecule has 0 aliphatic carbocycles. The molecule has 4 rings (SSSR count). The van der Waals surface area contributed by atoms with Crippen LogP contribution in [0.5, 0.6) is 11.5 Å². The molecule has 0 aromatic heterocycles. The Labute approximate surface area is 182 Å². The standard InChI is InChI=1S/C23H28ClN3O3/c1-16(18-4-7-21-22(14-18)30-13-12-29-21)25-23(28)26-20-8-10-27(11-9-20)15-17-2-5-19(24)6-3-17/h2-7,14,16,20H,8-13,15H2,1H3,(H2,25,26,28). The molecule has 1 unspecified atom stereocenters. The summed E-state index contributed by atoms with van der Waals surface area (Å²) in [6.07, 6.45) is 1.89. The Morgan fingerprint density at radius 2 is 1.80 bits per heavy atom. The van der Waals surface area contributed by atoms with Crippen LogP contribution in [0.1, 0.15) is 36.9 Å². The molecule has 30 heavy (non-hydrogen) atoms. The lowest BCUT2D eigenvalue weighted by atomic mass is 10.0. The van der Waals surface area contributed by atoms with Gasteiger partial charge in [0.25, 0.3) is 0 Å². The fourth-order valence-corrected chi connectivity index (χ4v) is 4.05. The molecule has 2 N–H and O–H groups in total. The van der Waals surface area contributed by atoms with Crippen LogP contribution in [0.3, 0.4) is 0 Å². The lowest BCUT2D eigenvalue weighted by molar-refractivity contribution is 0.171. The van der Waals surface area contributed by atoms with Crippen molar-refractivity contribution in [3.05, 3.63) is 58.6 Å². The second kappa shape index (κ2) is 9.58. The lowest BCUT2D eigenvalue weighted by Crippen LogP contribution is -2.48. The highest BCUT2D eigenvalue weighted by Gasteiger charge is 2.22. The fourth-order valence-electron chi connectivity index (χ4n) is 3.92. The first-order valence-corrected chi connectivity index (χ1v) is 10.9. The number of nitrogens with one attached hydrogen (secondary N) is 2. The van der Waals surface area contributed by atoms with Crippen molar-refractivity contribution in [1.29, 1.82) is 0 Å². The average molecular weight is 430 g/mol. The molecule has 1 atom stereocenters. The van der Waals surface area contributed by atoms with Gasteiger partial charge in [-0.05, 0) is 55.2 Å². The van der Waals surface area contributed by atoms with Crippen LogP contribution >= 0.6 is 11.6 Å². The van der Waals surface area contributed by atoms with Gasteiger partial charge < -0.3 is 20.1 Å². The third kappa shape index (κ3) is 5.37. The van der Waals surface area contributed by atoms with Crippen molar-refractivity contribution in [2.45, 2.75) is 38.4 Å². The number of carbonyl (C=O) groups is 1. The summed E-state index contributed by atoms with van der Waals surface area (Å²) in [5, 5.41) is 6.92. The number of hydrogen-bond acceptors (Lipinski definition) is 4. The third-order valence-electron chi connectivity index (χ3n) is 5.66. The lowest BCUT2D eigenvalue weighted by Gasteiger charge is -2.32. The van der Waals surface area contributed by atoms with Crippen LogP contribution in [-0.4, -0.2) is 43.3 Å². The fraction of sp³-hybridized carbons (Fsp3) is 0.435. The van der Waals surface area contributed by atoms with Gasteiger partial charge in [-0.1, -0.05) is 29.8 Å². The number of urea groups is 1. The minimum absolute atomic E-state index is 0.120. The van der Waals surface area contributed by atoms with E-state index in [2.05, 4.69) is 27.7 Å². The number of likely N-dealkylation sites (tertiary alicyclic amines) is 1. The summed E-state index contributed by atoms with van der Waals surface area (Å²) in [6.45, 7) is 5.93. The van der Waals surface area contributed by atoms with E-state index in [1.54, 1.807) is 0 Å². The van der Waals surface area contributed by atoms with Gasteiger partial charge in [0.2, 0.25) is 0 Å². The summed E-state index contributed by atoms with van der Waals surface area (Å²) >= 11 is 5.96. The molecule has 2 aliphatic heterocycles. The summed E-state index contributed by atoms with van der Waals surface area (Å²) in [6, 6.07) is 13.7. The number of rotatable bonds is 5. The zero-order chi connectivity index (χ0) is 20.9. The van der Waals surface area contributed by atoms with E-state index in [0.29, 0.717) is 13.2 Å². The van der Waals surface area contributed by atoms with E-state index in [-0.39, 0.29) is 18.1 Å². The smallest absolute Gasteiger partial charge is 0.315 e. The third-order valence-corrected chi connectivity index (χ3v) is 5.91. The van der Waals surface area contributed by atoms with Crippen molar-refractivity contribution in [3.63, 3.8) is 0 Å². The van der Waals surface area contributed by atoms with E-state index in [4.69, 9.17) is 21.1 Å². The van der Waals surface area contributed by atoms with Gasteiger partial charge in [-0.15, -0.1) is 0 Å². The van der Waals surface area contributed by atoms with Crippen LogP contribution in [0.2, 0.25) is 5.02 Å². The van der Waals surface area contributed by atoms with Gasteiger partial charge in [-0.25, -0.2) is 4.79 Å². The molecular weight excluding hydrogens is 402 g/mol. The summed E-state index contributed by atoms with van der Waals surface area (Å²) in [5.41, 5.74) is 2.25. The number of halogens is 1. The Balaban J connectivity index is 1.22. The highest BCUT2D eigenvalue weighted by atomic mass is 35.5. The molecule has 0 spiro atoms. The number of carbonyl (C=O) groups excluding carboxylic acids is 1. The molecule has 2 heterocycles. The molecule has 2 aliphatic rings. The predicted molar refractivity (Wildman–Crippen MR) is 117 cm³/mol. The van der Waals surface area contributed by atoms with Crippen LogP contribution in [0.4, 0.5) is 4.79 Å². The van der Waals surface area contributed by atoms with Gasteiger partial charge in [-0.2, -0.15) is 0 Å².